The zero-order chi connectivity index (χ0) is 17.4. The molecule has 0 saturated carbocycles. The fourth-order valence-electron chi connectivity index (χ4n) is 2.95. The minimum atomic E-state index is -0.945. The molecule has 0 spiro atoms. The highest BCUT2D eigenvalue weighted by atomic mass is 16.4. The number of aromatic amines is 1. The standard InChI is InChI=1S/C20H15N3O2/c1-12-5-2-3-8-16(12)18-17-10-15(11-21-19(17)23-22-18)13-6-4-7-14(9-13)20(24)25/h2-11H,1H3,(H,24,25)(H,21,22,23). The van der Waals surface area contributed by atoms with Crippen LogP contribution in [0.1, 0.15) is 15.9 Å². The van der Waals surface area contributed by atoms with Crippen LogP contribution < -0.4 is 0 Å². The molecule has 4 aromatic rings. The molecule has 0 saturated heterocycles. The van der Waals surface area contributed by atoms with Crippen LogP contribution in [0.5, 0.6) is 0 Å². The lowest BCUT2D eigenvalue weighted by Crippen LogP contribution is -1.95. The van der Waals surface area contributed by atoms with Crippen LogP contribution in [-0.2, 0) is 0 Å². The number of carboxylic acids is 1. The van der Waals surface area contributed by atoms with E-state index in [2.05, 4.69) is 28.2 Å². The predicted octanol–water partition coefficient (Wildman–Crippen LogP) is 4.30. The van der Waals surface area contributed by atoms with Gasteiger partial charge >= 0.3 is 5.97 Å². The Morgan fingerprint density at radius 1 is 1.04 bits per heavy atom. The number of fused-ring (bicyclic) bond motifs is 1. The molecule has 0 atom stereocenters. The van der Waals surface area contributed by atoms with Crippen molar-refractivity contribution in [1.29, 1.82) is 0 Å². The van der Waals surface area contributed by atoms with Gasteiger partial charge in [0.25, 0.3) is 0 Å². The molecule has 4 rings (SSSR count). The Labute approximate surface area is 144 Å². The summed E-state index contributed by atoms with van der Waals surface area (Å²) >= 11 is 0. The SMILES string of the molecule is Cc1ccccc1-c1[nH]nc2ncc(-c3cccc(C(=O)O)c3)cc12. The Kier molecular flexibility index (Phi) is 3.54. The van der Waals surface area contributed by atoms with Crippen molar-refractivity contribution in [3.63, 3.8) is 0 Å². The number of carboxylic acid groups (broad SMARTS) is 1. The van der Waals surface area contributed by atoms with Crippen molar-refractivity contribution in [3.8, 4) is 22.4 Å². The number of H-pyrrole nitrogens is 1. The zero-order valence-corrected chi connectivity index (χ0v) is 13.5. The summed E-state index contributed by atoms with van der Waals surface area (Å²) in [7, 11) is 0. The van der Waals surface area contributed by atoms with Crippen molar-refractivity contribution in [2.24, 2.45) is 0 Å². The molecule has 5 heteroatoms. The van der Waals surface area contributed by atoms with Crippen LogP contribution in [0.4, 0.5) is 0 Å². The number of pyridine rings is 1. The van der Waals surface area contributed by atoms with E-state index in [0.717, 1.165) is 33.3 Å². The largest absolute Gasteiger partial charge is 0.478 e. The first-order valence-electron chi connectivity index (χ1n) is 7.87. The third kappa shape index (κ3) is 2.65. The number of nitrogens with one attached hydrogen (secondary N) is 1. The lowest BCUT2D eigenvalue weighted by atomic mass is 10.0. The molecule has 0 bridgehead atoms. The van der Waals surface area contributed by atoms with E-state index in [1.165, 1.54) is 0 Å². The van der Waals surface area contributed by atoms with E-state index >= 15 is 0 Å². The molecular weight excluding hydrogens is 314 g/mol. The average molecular weight is 329 g/mol. The summed E-state index contributed by atoms with van der Waals surface area (Å²) in [5, 5.41) is 17.5. The van der Waals surface area contributed by atoms with Gasteiger partial charge in [0, 0.05) is 22.7 Å². The monoisotopic (exact) mass is 329 g/mol. The van der Waals surface area contributed by atoms with Gasteiger partial charge in [0.1, 0.15) is 0 Å². The number of aromatic carboxylic acids is 1. The molecule has 122 valence electrons. The van der Waals surface area contributed by atoms with Crippen molar-refractivity contribution in [3.05, 3.63) is 71.9 Å². The summed E-state index contributed by atoms with van der Waals surface area (Å²) in [6, 6.07) is 16.9. The molecule has 2 aromatic carbocycles. The van der Waals surface area contributed by atoms with E-state index in [1.54, 1.807) is 24.4 Å². The molecule has 0 unspecified atom stereocenters. The average Bonchev–Trinajstić information content (AvgIpc) is 3.05. The van der Waals surface area contributed by atoms with Crippen LogP contribution in [-0.4, -0.2) is 26.3 Å². The molecule has 0 aliphatic carbocycles. The number of nitrogens with zero attached hydrogens (tertiary/aromatic N) is 2. The van der Waals surface area contributed by atoms with E-state index < -0.39 is 5.97 Å². The van der Waals surface area contributed by atoms with Gasteiger partial charge in [-0.3, -0.25) is 5.10 Å². The number of rotatable bonds is 3. The Bertz CT molecular complexity index is 1100. The summed E-state index contributed by atoms with van der Waals surface area (Å²) in [6.45, 7) is 2.05. The molecule has 2 aromatic heterocycles. The molecule has 2 N–H and O–H groups in total. The second-order valence-electron chi connectivity index (χ2n) is 5.89. The topological polar surface area (TPSA) is 78.9 Å². The Morgan fingerprint density at radius 3 is 2.68 bits per heavy atom. The van der Waals surface area contributed by atoms with Crippen LogP contribution >= 0.6 is 0 Å². The summed E-state index contributed by atoms with van der Waals surface area (Å²) in [4.78, 5) is 15.6. The maximum absolute atomic E-state index is 11.2. The van der Waals surface area contributed by atoms with Crippen LogP contribution in [0.3, 0.4) is 0 Å². The number of aromatic nitrogens is 3. The molecule has 25 heavy (non-hydrogen) atoms. The Morgan fingerprint density at radius 2 is 1.88 bits per heavy atom. The van der Waals surface area contributed by atoms with Gasteiger partial charge in [-0.2, -0.15) is 5.10 Å². The number of carbonyl (C=O) groups is 1. The first-order chi connectivity index (χ1) is 12.1. The van der Waals surface area contributed by atoms with Crippen LogP contribution in [0.15, 0.2) is 60.8 Å². The maximum atomic E-state index is 11.2. The van der Waals surface area contributed by atoms with E-state index in [1.807, 2.05) is 30.3 Å². The summed E-state index contributed by atoms with van der Waals surface area (Å²) < 4.78 is 0. The molecule has 0 aliphatic rings. The second kappa shape index (κ2) is 5.87. The number of hydrogen-bond donors (Lipinski definition) is 2. The number of benzene rings is 2. The van der Waals surface area contributed by atoms with Crippen LogP contribution in [0.25, 0.3) is 33.4 Å². The van der Waals surface area contributed by atoms with Gasteiger partial charge < -0.3 is 5.11 Å². The first-order valence-corrected chi connectivity index (χ1v) is 7.87. The van der Waals surface area contributed by atoms with Crippen molar-refractivity contribution >= 4 is 17.0 Å². The molecular formula is C20H15N3O2. The molecule has 5 nitrogen and oxygen atoms in total. The highest BCUT2D eigenvalue weighted by Crippen LogP contribution is 2.31. The van der Waals surface area contributed by atoms with E-state index in [0.29, 0.717) is 5.65 Å². The van der Waals surface area contributed by atoms with E-state index in [-0.39, 0.29) is 5.56 Å². The second-order valence-corrected chi connectivity index (χ2v) is 5.89. The fourth-order valence-corrected chi connectivity index (χ4v) is 2.95. The molecule has 2 heterocycles. The van der Waals surface area contributed by atoms with Gasteiger partial charge in [0.15, 0.2) is 5.65 Å². The number of hydrogen-bond acceptors (Lipinski definition) is 3. The highest BCUT2D eigenvalue weighted by Gasteiger charge is 2.12. The fraction of sp³-hybridized carbons (Fsp3) is 0.0500. The normalized spacial score (nSPS) is 10.9. The van der Waals surface area contributed by atoms with E-state index in [9.17, 15) is 9.90 Å². The van der Waals surface area contributed by atoms with Gasteiger partial charge in [-0.25, -0.2) is 9.78 Å². The smallest absolute Gasteiger partial charge is 0.335 e. The summed E-state index contributed by atoms with van der Waals surface area (Å²) in [6.07, 6.45) is 1.71. The highest BCUT2D eigenvalue weighted by molar-refractivity contribution is 5.95. The van der Waals surface area contributed by atoms with Gasteiger partial charge in [0.2, 0.25) is 0 Å². The Hall–Kier alpha value is -3.47. The van der Waals surface area contributed by atoms with Crippen molar-refractivity contribution in [1.82, 2.24) is 15.2 Å². The van der Waals surface area contributed by atoms with Crippen LogP contribution in [0, 0.1) is 6.92 Å². The Balaban J connectivity index is 1.88. The minimum Gasteiger partial charge on any atom is -0.478 e. The van der Waals surface area contributed by atoms with E-state index in [4.69, 9.17) is 0 Å². The molecule has 0 amide bonds. The third-order valence-electron chi connectivity index (χ3n) is 4.27. The van der Waals surface area contributed by atoms with Gasteiger partial charge in [-0.05, 0) is 36.2 Å². The number of aryl methyl sites for hydroxylation is 1. The lowest BCUT2D eigenvalue weighted by molar-refractivity contribution is 0.0697. The van der Waals surface area contributed by atoms with Gasteiger partial charge in [0.05, 0.1) is 11.3 Å². The lowest BCUT2D eigenvalue weighted by Gasteiger charge is -2.05. The molecule has 0 aliphatic heterocycles. The summed E-state index contributed by atoms with van der Waals surface area (Å²) in [5.74, 6) is -0.945. The van der Waals surface area contributed by atoms with Crippen molar-refractivity contribution in [2.45, 2.75) is 6.92 Å². The first kappa shape index (κ1) is 15.1. The maximum Gasteiger partial charge on any atom is 0.335 e. The molecule has 0 radical (unpaired) electrons. The molecule has 0 fully saturated rings. The van der Waals surface area contributed by atoms with Crippen molar-refractivity contribution < 1.29 is 9.90 Å². The van der Waals surface area contributed by atoms with Gasteiger partial charge in [-0.1, -0.05) is 36.4 Å². The quantitative estimate of drug-likeness (QED) is 0.587. The zero-order valence-electron chi connectivity index (χ0n) is 13.5. The van der Waals surface area contributed by atoms with Crippen molar-refractivity contribution in [2.75, 3.05) is 0 Å². The minimum absolute atomic E-state index is 0.254. The van der Waals surface area contributed by atoms with Crippen LogP contribution in [0.2, 0.25) is 0 Å². The third-order valence-corrected chi connectivity index (χ3v) is 4.27. The summed E-state index contributed by atoms with van der Waals surface area (Å²) in [5.41, 5.74) is 5.68. The van der Waals surface area contributed by atoms with Gasteiger partial charge in [-0.15, -0.1) is 0 Å². The predicted molar refractivity (Wildman–Crippen MR) is 96.5 cm³/mol.